The van der Waals surface area contributed by atoms with E-state index in [4.69, 9.17) is 0 Å². The first-order valence-corrected chi connectivity index (χ1v) is 8.19. The van der Waals surface area contributed by atoms with Gasteiger partial charge in [-0.2, -0.15) is 0 Å². The average Bonchev–Trinajstić information content (AvgIpc) is 2.46. The lowest BCUT2D eigenvalue weighted by atomic mass is 10.0. The number of aliphatic hydroxyl groups excluding tert-OH is 1. The van der Waals surface area contributed by atoms with Crippen LogP contribution >= 0.6 is 0 Å². The van der Waals surface area contributed by atoms with Crippen molar-refractivity contribution in [2.24, 2.45) is 0 Å². The van der Waals surface area contributed by atoms with Crippen molar-refractivity contribution in [2.75, 3.05) is 26.7 Å². The van der Waals surface area contributed by atoms with Gasteiger partial charge >= 0.3 is 0 Å². The second-order valence-electron chi connectivity index (χ2n) is 6.15. The third-order valence-corrected chi connectivity index (χ3v) is 3.85. The van der Waals surface area contributed by atoms with Crippen LogP contribution in [0.1, 0.15) is 50.3 Å². The van der Waals surface area contributed by atoms with Crippen molar-refractivity contribution in [3.63, 3.8) is 0 Å². The smallest absolute Gasteiger partial charge is 0.0524 e. The molecule has 21 heavy (non-hydrogen) atoms. The first-order valence-electron chi connectivity index (χ1n) is 8.19. The molecule has 120 valence electrons. The number of benzene rings is 1. The van der Waals surface area contributed by atoms with E-state index < -0.39 is 0 Å². The lowest BCUT2D eigenvalue weighted by Gasteiger charge is -2.23. The predicted molar refractivity (Wildman–Crippen MR) is 90.6 cm³/mol. The first kappa shape index (κ1) is 18.1. The molecule has 2 unspecified atom stereocenters. The molecule has 3 nitrogen and oxygen atoms in total. The zero-order valence-corrected chi connectivity index (χ0v) is 14.1. The number of aliphatic hydroxyl groups is 1. The molecule has 1 rings (SSSR count). The monoisotopic (exact) mass is 292 g/mol. The van der Waals surface area contributed by atoms with Crippen molar-refractivity contribution in [2.45, 2.75) is 52.2 Å². The minimum atomic E-state index is -0.210. The Labute approximate surface area is 130 Å². The zero-order chi connectivity index (χ0) is 15.7. The Hall–Kier alpha value is -0.900. The molecule has 1 aromatic carbocycles. The second-order valence-corrected chi connectivity index (χ2v) is 6.15. The summed E-state index contributed by atoms with van der Waals surface area (Å²) in [6.45, 7) is 9.23. The fourth-order valence-electron chi connectivity index (χ4n) is 2.37. The van der Waals surface area contributed by atoms with E-state index in [9.17, 15) is 5.11 Å². The first-order chi connectivity index (χ1) is 10.0. The van der Waals surface area contributed by atoms with E-state index in [1.807, 2.05) is 6.92 Å². The van der Waals surface area contributed by atoms with Gasteiger partial charge in [0.05, 0.1) is 6.10 Å². The van der Waals surface area contributed by atoms with Crippen LogP contribution in [0.15, 0.2) is 24.3 Å². The molecular weight excluding hydrogens is 260 g/mol. The maximum Gasteiger partial charge on any atom is 0.0524 e. The van der Waals surface area contributed by atoms with Gasteiger partial charge in [0.1, 0.15) is 0 Å². The molecule has 0 bridgehead atoms. The molecule has 0 heterocycles. The van der Waals surface area contributed by atoms with E-state index >= 15 is 0 Å². The Bertz CT molecular complexity index is 375. The highest BCUT2D eigenvalue weighted by Gasteiger charge is 2.12. The van der Waals surface area contributed by atoms with Gasteiger partial charge in [-0.3, -0.25) is 0 Å². The van der Waals surface area contributed by atoms with Crippen molar-refractivity contribution < 1.29 is 5.11 Å². The molecule has 2 atom stereocenters. The standard InChI is InChI=1S/C18H32N2O/c1-5-12-19-18(17-8-6-15(2)7-9-17)11-14-20(4)13-10-16(3)21/h6-9,16,18-19,21H,5,10-14H2,1-4H3. The largest absolute Gasteiger partial charge is 0.393 e. The minimum Gasteiger partial charge on any atom is -0.393 e. The van der Waals surface area contributed by atoms with Crippen molar-refractivity contribution in [1.82, 2.24) is 10.2 Å². The third kappa shape index (κ3) is 7.60. The zero-order valence-electron chi connectivity index (χ0n) is 14.1. The molecule has 0 aromatic heterocycles. The van der Waals surface area contributed by atoms with Crippen molar-refractivity contribution in [1.29, 1.82) is 0 Å². The molecule has 3 heteroatoms. The van der Waals surface area contributed by atoms with Crippen LogP contribution < -0.4 is 5.32 Å². The van der Waals surface area contributed by atoms with Gasteiger partial charge in [0.15, 0.2) is 0 Å². The number of hydrogen-bond donors (Lipinski definition) is 2. The van der Waals surface area contributed by atoms with E-state index in [1.54, 1.807) is 0 Å². The van der Waals surface area contributed by atoms with Crippen LogP contribution in [0.2, 0.25) is 0 Å². The van der Waals surface area contributed by atoms with Gasteiger partial charge < -0.3 is 15.3 Å². The van der Waals surface area contributed by atoms with Gasteiger partial charge in [-0.05, 0) is 58.8 Å². The van der Waals surface area contributed by atoms with Crippen LogP contribution in [-0.2, 0) is 0 Å². The Morgan fingerprint density at radius 1 is 1.14 bits per heavy atom. The van der Waals surface area contributed by atoms with Gasteiger partial charge in [-0.25, -0.2) is 0 Å². The fourth-order valence-corrected chi connectivity index (χ4v) is 2.37. The molecule has 0 amide bonds. The molecule has 0 aliphatic heterocycles. The van der Waals surface area contributed by atoms with Crippen LogP contribution in [0.25, 0.3) is 0 Å². The summed E-state index contributed by atoms with van der Waals surface area (Å²) in [6.07, 6.45) is 2.88. The molecule has 1 aromatic rings. The van der Waals surface area contributed by atoms with Gasteiger partial charge in [-0.15, -0.1) is 0 Å². The maximum absolute atomic E-state index is 9.36. The Morgan fingerprint density at radius 3 is 2.33 bits per heavy atom. The Balaban J connectivity index is 2.51. The van der Waals surface area contributed by atoms with Crippen LogP contribution in [0, 0.1) is 6.92 Å². The minimum absolute atomic E-state index is 0.210. The summed E-state index contributed by atoms with van der Waals surface area (Å²) in [5, 5.41) is 13.0. The number of hydrogen-bond acceptors (Lipinski definition) is 3. The van der Waals surface area contributed by atoms with E-state index in [0.29, 0.717) is 6.04 Å². The molecule has 2 N–H and O–H groups in total. The quantitative estimate of drug-likeness (QED) is 0.695. The molecule has 0 spiro atoms. The molecule has 0 saturated carbocycles. The highest BCUT2D eigenvalue weighted by molar-refractivity contribution is 5.24. The van der Waals surface area contributed by atoms with E-state index in [-0.39, 0.29) is 6.10 Å². The molecule has 0 fully saturated rings. The molecule has 0 aliphatic rings. The summed E-state index contributed by atoms with van der Waals surface area (Å²) in [5.41, 5.74) is 2.68. The highest BCUT2D eigenvalue weighted by atomic mass is 16.3. The Morgan fingerprint density at radius 2 is 1.76 bits per heavy atom. The number of rotatable bonds is 10. The summed E-state index contributed by atoms with van der Waals surface area (Å²) in [4.78, 5) is 2.31. The molecule has 0 aliphatic carbocycles. The Kier molecular flexibility index (Phi) is 8.58. The lowest BCUT2D eigenvalue weighted by Crippen LogP contribution is -2.29. The van der Waals surface area contributed by atoms with E-state index in [0.717, 1.165) is 38.9 Å². The SMILES string of the molecule is CCCNC(CCN(C)CCC(C)O)c1ccc(C)cc1. The van der Waals surface area contributed by atoms with Crippen LogP contribution in [-0.4, -0.2) is 42.8 Å². The van der Waals surface area contributed by atoms with Gasteiger partial charge in [0.25, 0.3) is 0 Å². The number of nitrogens with one attached hydrogen (secondary N) is 1. The van der Waals surface area contributed by atoms with E-state index in [1.165, 1.54) is 11.1 Å². The fraction of sp³-hybridized carbons (Fsp3) is 0.667. The number of nitrogens with zero attached hydrogens (tertiary/aromatic N) is 1. The normalized spacial score (nSPS) is 14.4. The summed E-state index contributed by atoms with van der Waals surface area (Å²) in [6, 6.07) is 9.26. The van der Waals surface area contributed by atoms with Gasteiger partial charge in [0.2, 0.25) is 0 Å². The summed E-state index contributed by atoms with van der Waals surface area (Å²) >= 11 is 0. The third-order valence-electron chi connectivity index (χ3n) is 3.85. The summed E-state index contributed by atoms with van der Waals surface area (Å²) < 4.78 is 0. The average molecular weight is 292 g/mol. The maximum atomic E-state index is 9.36. The molecule has 0 radical (unpaired) electrons. The van der Waals surface area contributed by atoms with Gasteiger partial charge in [-0.1, -0.05) is 36.8 Å². The highest BCUT2D eigenvalue weighted by Crippen LogP contribution is 2.18. The van der Waals surface area contributed by atoms with E-state index in [2.05, 4.69) is 55.4 Å². The van der Waals surface area contributed by atoms with Crippen LogP contribution in [0.3, 0.4) is 0 Å². The topological polar surface area (TPSA) is 35.5 Å². The van der Waals surface area contributed by atoms with Crippen molar-refractivity contribution in [3.8, 4) is 0 Å². The van der Waals surface area contributed by atoms with Crippen LogP contribution in [0.4, 0.5) is 0 Å². The van der Waals surface area contributed by atoms with Crippen LogP contribution in [0.5, 0.6) is 0 Å². The van der Waals surface area contributed by atoms with Crippen molar-refractivity contribution >= 4 is 0 Å². The second kappa shape index (κ2) is 9.93. The number of aryl methyl sites for hydroxylation is 1. The lowest BCUT2D eigenvalue weighted by molar-refractivity contribution is 0.163. The van der Waals surface area contributed by atoms with Crippen molar-refractivity contribution in [3.05, 3.63) is 35.4 Å². The van der Waals surface area contributed by atoms with Gasteiger partial charge in [0, 0.05) is 12.6 Å². The molecule has 0 saturated heterocycles. The molecular formula is C18H32N2O. The predicted octanol–water partition coefficient (Wildman–Crippen LogP) is 3.13. The summed E-state index contributed by atoms with van der Waals surface area (Å²) in [5.74, 6) is 0. The summed E-state index contributed by atoms with van der Waals surface area (Å²) in [7, 11) is 2.13.